The van der Waals surface area contributed by atoms with Crippen molar-refractivity contribution in [3.8, 4) is 5.75 Å². The minimum atomic E-state index is -0.655. The molecule has 5 heteroatoms. The summed E-state index contributed by atoms with van der Waals surface area (Å²) < 4.78 is 31.6. The molecule has 0 bridgehead atoms. The molecule has 0 radical (unpaired) electrons. The van der Waals surface area contributed by atoms with E-state index < -0.39 is 11.6 Å². The van der Waals surface area contributed by atoms with E-state index >= 15 is 0 Å². The van der Waals surface area contributed by atoms with E-state index in [1.54, 1.807) is 7.05 Å². The number of hydrogen-bond acceptors (Lipinski definition) is 2. The number of nitrogens with one attached hydrogen (secondary N) is 1. The molecule has 0 spiro atoms. The molecule has 0 fully saturated rings. The van der Waals surface area contributed by atoms with Gasteiger partial charge in [0.05, 0.1) is 11.6 Å². The Bertz CT molecular complexity index is 358. The molecule has 1 aromatic rings. The first-order valence-electron chi connectivity index (χ1n) is 4.46. The lowest BCUT2D eigenvalue weighted by molar-refractivity contribution is 0.398. The van der Waals surface area contributed by atoms with Crippen LogP contribution in [0.1, 0.15) is 5.56 Å². The summed E-state index contributed by atoms with van der Waals surface area (Å²) in [5.74, 6) is -1.01. The van der Waals surface area contributed by atoms with Crippen LogP contribution in [0.3, 0.4) is 0 Å². The van der Waals surface area contributed by atoms with E-state index in [4.69, 9.17) is 4.74 Å². The van der Waals surface area contributed by atoms with Crippen LogP contribution in [-0.2, 0) is 6.42 Å². The lowest BCUT2D eigenvalue weighted by atomic mass is 10.1. The monoisotopic (exact) mass is 279 g/mol. The molecule has 1 rings (SSSR count). The van der Waals surface area contributed by atoms with Crippen LogP contribution in [0, 0.1) is 11.6 Å². The summed E-state index contributed by atoms with van der Waals surface area (Å²) in [4.78, 5) is 0. The molecule has 2 nitrogen and oxygen atoms in total. The maximum atomic E-state index is 13.6. The molecule has 0 unspecified atom stereocenters. The minimum absolute atomic E-state index is 0.144. The summed E-state index contributed by atoms with van der Waals surface area (Å²) in [6.45, 7) is 0.603. The maximum absolute atomic E-state index is 13.6. The van der Waals surface area contributed by atoms with Crippen molar-refractivity contribution >= 4 is 15.9 Å². The molecule has 0 saturated heterocycles. The van der Waals surface area contributed by atoms with Crippen LogP contribution in [0.5, 0.6) is 5.75 Å². The Morgan fingerprint density at radius 3 is 2.67 bits per heavy atom. The second kappa shape index (κ2) is 5.42. The Hall–Kier alpha value is -0.680. The van der Waals surface area contributed by atoms with Gasteiger partial charge in [0, 0.05) is 11.6 Å². The summed E-state index contributed by atoms with van der Waals surface area (Å²) in [6.07, 6.45) is 0.449. The number of ether oxygens (including phenoxy) is 1. The van der Waals surface area contributed by atoms with Crippen molar-refractivity contribution in [1.82, 2.24) is 5.32 Å². The van der Waals surface area contributed by atoms with E-state index in [-0.39, 0.29) is 10.2 Å². The molecule has 0 saturated carbocycles. The smallest absolute Gasteiger partial charge is 0.147 e. The summed E-state index contributed by atoms with van der Waals surface area (Å²) in [5.41, 5.74) is 0.375. The minimum Gasteiger partial charge on any atom is -0.496 e. The molecule has 0 aliphatic heterocycles. The van der Waals surface area contributed by atoms with Gasteiger partial charge in [-0.3, -0.25) is 0 Å². The second-order valence-corrected chi connectivity index (χ2v) is 3.81. The highest BCUT2D eigenvalue weighted by molar-refractivity contribution is 9.10. The van der Waals surface area contributed by atoms with Gasteiger partial charge in [0.25, 0.3) is 0 Å². The van der Waals surface area contributed by atoms with Crippen molar-refractivity contribution in [3.05, 3.63) is 27.7 Å². The summed E-state index contributed by atoms with van der Waals surface area (Å²) in [7, 11) is 3.16. The second-order valence-electron chi connectivity index (χ2n) is 3.02. The number of hydrogen-bond donors (Lipinski definition) is 1. The van der Waals surface area contributed by atoms with Crippen molar-refractivity contribution < 1.29 is 13.5 Å². The van der Waals surface area contributed by atoms with Gasteiger partial charge < -0.3 is 10.1 Å². The summed E-state index contributed by atoms with van der Waals surface area (Å²) in [6, 6.07) is 1.18. The quantitative estimate of drug-likeness (QED) is 0.856. The molecule has 0 aliphatic rings. The molecule has 1 N–H and O–H groups in total. The van der Waals surface area contributed by atoms with Gasteiger partial charge in [-0.1, -0.05) is 0 Å². The highest BCUT2D eigenvalue weighted by Gasteiger charge is 2.16. The Kier molecular flexibility index (Phi) is 4.47. The third-order valence-electron chi connectivity index (χ3n) is 2.07. The van der Waals surface area contributed by atoms with Crippen LogP contribution >= 0.6 is 15.9 Å². The van der Waals surface area contributed by atoms with Gasteiger partial charge in [-0.2, -0.15) is 0 Å². The lowest BCUT2D eigenvalue weighted by Crippen LogP contribution is -2.12. The molecule has 15 heavy (non-hydrogen) atoms. The first-order chi connectivity index (χ1) is 7.11. The molecule has 0 aliphatic carbocycles. The average Bonchev–Trinajstić information content (AvgIpc) is 2.24. The van der Waals surface area contributed by atoms with Crippen LogP contribution in [0.4, 0.5) is 8.78 Å². The molecule has 0 aromatic heterocycles. The Morgan fingerprint density at radius 2 is 2.13 bits per heavy atom. The molecule has 84 valence electrons. The van der Waals surface area contributed by atoms with Crippen molar-refractivity contribution in [1.29, 1.82) is 0 Å². The van der Waals surface area contributed by atoms with E-state index in [1.807, 2.05) is 0 Å². The van der Waals surface area contributed by atoms with E-state index in [0.717, 1.165) is 0 Å². The van der Waals surface area contributed by atoms with Gasteiger partial charge in [0.1, 0.15) is 17.4 Å². The third kappa shape index (κ3) is 2.66. The van der Waals surface area contributed by atoms with Crippen molar-refractivity contribution in [2.24, 2.45) is 0 Å². The van der Waals surface area contributed by atoms with E-state index in [1.165, 1.54) is 13.2 Å². The van der Waals surface area contributed by atoms with Crippen molar-refractivity contribution in [2.75, 3.05) is 20.7 Å². The van der Waals surface area contributed by atoms with Gasteiger partial charge in [-0.05, 0) is 35.9 Å². The topological polar surface area (TPSA) is 21.3 Å². The lowest BCUT2D eigenvalue weighted by Gasteiger charge is -2.11. The highest BCUT2D eigenvalue weighted by Crippen LogP contribution is 2.30. The first-order valence-corrected chi connectivity index (χ1v) is 5.26. The van der Waals surface area contributed by atoms with Gasteiger partial charge in [0.2, 0.25) is 0 Å². The predicted molar refractivity (Wildman–Crippen MR) is 58.2 cm³/mol. The number of likely N-dealkylation sites (N-methyl/N-ethyl adjacent to an activating group) is 1. The molecular weight excluding hydrogens is 268 g/mol. The normalized spacial score (nSPS) is 10.5. The van der Waals surface area contributed by atoms with E-state index in [2.05, 4.69) is 21.2 Å². The summed E-state index contributed by atoms with van der Waals surface area (Å²) >= 11 is 2.86. The number of benzene rings is 1. The van der Waals surface area contributed by atoms with Gasteiger partial charge in [-0.15, -0.1) is 0 Å². The van der Waals surface area contributed by atoms with Crippen LogP contribution < -0.4 is 10.1 Å². The molecule has 0 heterocycles. The van der Waals surface area contributed by atoms with Gasteiger partial charge >= 0.3 is 0 Å². The summed E-state index contributed by atoms with van der Waals surface area (Å²) in [5, 5.41) is 2.90. The van der Waals surface area contributed by atoms with E-state index in [9.17, 15) is 8.78 Å². The fourth-order valence-electron chi connectivity index (χ4n) is 1.28. The Labute approximate surface area is 95.8 Å². The largest absolute Gasteiger partial charge is 0.496 e. The van der Waals surface area contributed by atoms with Crippen molar-refractivity contribution in [2.45, 2.75) is 6.42 Å². The number of methoxy groups -OCH3 is 1. The van der Waals surface area contributed by atoms with Crippen LogP contribution in [0.2, 0.25) is 0 Å². The van der Waals surface area contributed by atoms with Gasteiger partial charge in [-0.25, -0.2) is 8.78 Å². The third-order valence-corrected chi connectivity index (χ3v) is 2.79. The van der Waals surface area contributed by atoms with Crippen LogP contribution in [0.25, 0.3) is 0 Å². The zero-order valence-electron chi connectivity index (χ0n) is 8.53. The van der Waals surface area contributed by atoms with Crippen LogP contribution in [0.15, 0.2) is 10.5 Å². The predicted octanol–water partition coefficient (Wildman–Crippen LogP) is 2.50. The molecule has 1 aromatic carbocycles. The first kappa shape index (κ1) is 12.4. The maximum Gasteiger partial charge on any atom is 0.147 e. The Balaban J connectivity index is 3.15. The number of rotatable bonds is 4. The SMILES string of the molecule is CNCCc1c(OC)cc(F)c(Br)c1F. The number of halogens is 3. The van der Waals surface area contributed by atoms with Gasteiger partial charge in [0.15, 0.2) is 0 Å². The average molecular weight is 280 g/mol. The van der Waals surface area contributed by atoms with Crippen molar-refractivity contribution in [3.63, 3.8) is 0 Å². The molecule has 0 amide bonds. The fourth-order valence-corrected chi connectivity index (χ4v) is 1.63. The Morgan fingerprint density at radius 1 is 1.47 bits per heavy atom. The zero-order valence-corrected chi connectivity index (χ0v) is 10.1. The highest BCUT2D eigenvalue weighted by atomic mass is 79.9. The van der Waals surface area contributed by atoms with Crippen LogP contribution in [-0.4, -0.2) is 20.7 Å². The standard InChI is InChI=1S/C10H12BrF2NO/c1-14-4-3-6-8(15-2)5-7(12)9(11)10(6)13/h5,14H,3-4H2,1-2H3. The zero-order chi connectivity index (χ0) is 11.4. The molecular formula is C10H12BrF2NO. The molecule has 0 atom stereocenters. The fraction of sp³-hybridized carbons (Fsp3) is 0.400. The van der Waals surface area contributed by atoms with E-state index in [0.29, 0.717) is 18.5 Å².